The lowest BCUT2D eigenvalue weighted by Crippen LogP contribution is -2.39. The van der Waals surface area contributed by atoms with Crippen LogP contribution in [-0.2, 0) is 0 Å². The van der Waals surface area contributed by atoms with E-state index in [9.17, 15) is 4.79 Å². The summed E-state index contributed by atoms with van der Waals surface area (Å²) < 4.78 is 13.2. The molecule has 0 bridgehead atoms. The van der Waals surface area contributed by atoms with Gasteiger partial charge in [-0.05, 0) is 95.6 Å². The third kappa shape index (κ3) is 4.98. The second-order valence-electron chi connectivity index (χ2n) is 9.58. The van der Waals surface area contributed by atoms with Crippen molar-refractivity contribution in [3.05, 3.63) is 131 Å². The normalized spacial score (nSPS) is 18.0. The van der Waals surface area contributed by atoms with Crippen molar-refractivity contribution in [1.82, 2.24) is 4.57 Å². The highest BCUT2D eigenvalue weighted by atomic mass is 35.5. The highest BCUT2D eigenvalue weighted by Gasteiger charge is 2.32. The van der Waals surface area contributed by atoms with Crippen LogP contribution in [0.1, 0.15) is 42.0 Å². The molecule has 0 spiro atoms. The third-order valence-electron chi connectivity index (χ3n) is 7.19. The molecule has 1 atom stereocenters. The molecule has 0 radical (unpaired) electrons. The number of ether oxygens (including phenoxy) is 2. The van der Waals surface area contributed by atoms with Gasteiger partial charge in [-0.1, -0.05) is 59.3 Å². The van der Waals surface area contributed by atoms with Gasteiger partial charge >= 0.3 is 0 Å². The highest BCUT2D eigenvalue weighted by Crippen LogP contribution is 2.41. The van der Waals surface area contributed by atoms with Crippen molar-refractivity contribution in [1.29, 1.82) is 0 Å². The zero-order valence-corrected chi connectivity index (χ0v) is 23.3. The molecule has 0 saturated carbocycles. The summed E-state index contributed by atoms with van der Waals surface area (Å²) >= 11 is 7.50. The molecule has 0 amide bonds. The van der Waals surface area contributed by atoms with E-state index < -0.39 is 0 Å². The first-order valence-corrected chi connectivity index (χ1v) is 14.0. The molecule has 1 unspecified atom stereocenters. The quantitative estimate of drug-likeness (QED) is 0.297. The smallest absolute Gasteiger partial charge is 0.271 e. The number of nitrogens with zero attached hydrogens (tertiary/aromatic N) is 2. The van der Waals surface area contributed by atoms with Crippen LogP contribution < -0.4 is 24.4 Å². The summed E-state index contributed by atoms with van der Waals surface area (Å²) in [5, 5.41) is 0.664. The van der Waals surface area contributed by atoms with Gasteiger partial charge < -0.3 is 9.47 Å². The van der Waals surface area contributed by atoms with E-state index in [4.69, 9.17) is 26.1 Å². The zero-order valence-electron chi connectivity index (χ0n) is 21.7. The number of methoxy groups -OCH3 is 2. The molecule has 1 aliphatic carbocycles. The fraction of sp³-hybridized carbons (Fsp3) is 0.188. The largest absolute Gasteiger partial charge is 0.497 e. The molecule has 196 valence electrons. The standard InChI is InChI=1S/C32H27ClN2O3S/c1-37-25-14-8-20(9-15-25)18-23-4-3-5-27-29(23)34-32-35(30(27)22-10-16-26(38-2)17-11-22)31(36)28(39-32)19-21-6-12-24(33)13-7-21/h6-19,30H,3-5H2,1-2H3. The summed E-state index contributed by atoms with van der Waals surface area (Å²) in [4.78, 5) is 19.7. The Morgan fingerprint density at radius 2 is 1.49 bits per heavy atom. The number of hydrogen-bond acceptors (Lipinski definition) is 5. The van der Waals surface area contributed by atoms with Crippen LogP contribution in [0.5, 0.6) is 11.5 Å². The average molecular weight is 555 g/mol. The van der Waals surface area contributed by atoms with Crippen LogP contribution in [0.2, 0.25) is 5.02 Å². The lowest BCUT2D eigenvalue weighted by atomic mass is 9.84. The van der Waals surface area contributed by atoms with Gasteiger partial charge in [-0.15, -0.1) is 0 Å². The Balaban J connectivity index is 1.54. The summed E-state index contributed by atoms with van der Waals surface area (Å²) in [5.74, 6) is 1.61. The van der Waals surface area contributed by atoms with Gasteiger partial charge in [0.1, 0.15) is 11.5 Å². The summed E-state index contributed by atoms with van der Waals surface area (Å²) in [6.07, 6.45) is 6.95. The molecule has 5 nitrogen and oxygen atoms in total. The van der Waals surface area contributed by atoms with Crippen LogP contribution >= 0.6 is 22.9 Å². The maximum absolute atomic E-state index is 13.9. The van der Waals surface area contributed by atoms with Crippen LogP contribution in [0.25, 0.3) is 12.2 Å². The predicted molar refractivity (Wildman–Crippen MR) is 157 cm³/mol. The summed E-state index contributed by atoms with van der Waals surface area (Å²) in [5.41, 5.74) is 6.40. The lowest BCUT2D eigenvalue weighted by molar-refractivity contribution is 0.414. The van der Waals surface area contributed by atoms with Gasteiger partial charge in [0.25, 0.3) is 5.56 Å². The van der Waals surface area contributed by atoms with Crippen molar-refractivity contribution >= 4 is 35.1 Å². The van der Waals surface area contributed by atoms with E-state index in [1.54, 1.807) is 14.2 Å². The SMILES string of the molecule is COc1ccc(C=C2CCCC3=C2N=c2sc(=Cc4ccc(Cl)cc4)c(=O)n2C3c2ccc(OC)cc2)cc1. The van der Waals surface area contributed by atoms with Crippen molar-refractivity contribution in [3.8, 4) is 11.5 Å². The van der Waals surface area contributed by atoms with E-state index in [2.05, 4.69) is 30.3 Å². The first kappa shape index (κ1) is 25.4. The van der Waals surface area contributed by atoms with E-state index in [1.165, 1.54) is 22.5 Å². The highest BCUT2D eigenvalue weighted by molar-refractivity contribution is 7.07. The minimum atomic E-state index is -0.228. The van der Waals surface area contributed by atoms with E-state index in [1.807, 2.05) is 59.2 Å². The molecule has 4 aromatic rings. The van der Waals surface area contributed by atoms with E-state index in [-0.39, 0.29) is 11.6 Å². The molecule has 0 N–H and O–H groups in total. The van der Waals surface area contributed by atoms with Gasteiger partial charge in [0, 0.05) is 5.02 Å². The first-order valence-electron chi connectivity index (χ1n) is 12.8. The molecule has 2 heterocycles. The summed E-state index contributed by atoms with van der Waals surface area (Å²) in [6.45, 7) is 0. The number of fused-ring (bicyclic) bond motifs is 1. The van der Waals surface area contributed by atoms with Gasteiger partial charge in [0.2, 0.25) is 0 Å². The minimum absolute atomic E-state index is 0.0349. The Hall–Kier alpha value is -3.87. The Morgan fingerprint density at radius 1 is 0.872 bits per heavy atom. The Kier molecular flexibility index (Phi) is 6.98. The van der Waals surface area contributed by atoms with Crippen LogP contribution in [0.3, 0.4) is 0 Å². The van der Waals surface area contributed by atoms with E-state index >= 15 is 0 Å². The number of hydrogen-bond donors (Lipinski definition) is 0. The number of halogens is 1. The second kappa shape index (κ2) is 10.7. The molecule has 0 saturated heterocycles. The second-order valence-corrected chi connectivity index (χ2v) is 11.0. The topological polar surface area (TPSA) is 52.8 Å². The third-order valence-corrected chi connectivity index (χ3v) is 8.42. The van der Waals surface area contributed by atoms with Gasteiger partial charge in [-0.25, -0.2) is 4.99 Å². The number of rotatable bonds is 5. The number of allylic oxidation sites excluding steroid dienone is 2. The Bertz CT molecular complexity index is 1760. The molecule has 7 heteroatoms. The molecule has 0 fully saturated rings. The maximum Gasteiger partial charge on any atom is 0.271 e. The van der Waals surface area contributed by atoms with Gasteiger partial charge in [-0.3, -0.25) is 9.36 Å². The van der Waals surface area contributed by atoms with Crippen molar-refractivity contribution in [2.75, 3.05) is 14.2 Å². The Morgan fingerprint density at radius 3 is 2.15 bits per heavy atom. The minimum Gasteiger partial charge on any atom is -0.497 e. The Labute approximate surface area is 235 Å². The number of thiazole rings is 1. The number of aromatic nitrogens is 1. The van der Waals surface area contributed by atoms with Gasteiger partial charge in [-0.2, -0.15) is 0 Å². The van der Waals surface area contributed by atoms with Crippen LogP contribution in [0.15, 0.2) is 99.4 Å². The molecule has 39 heavy (non-hydrogen) atoms. The van der Waals surface area contributed by atoms with Gasteiger partial charge in [0.05, 0.1) is 30.5 Å². The molecular formula is C32H27ClN2O3S. The fourth-order valence-corrected chi connectivity index (χ4v) is 6.38. The molecule has 3 aromatic carbocycles. The van der Waals surface area contributed by atoms with Crippen molar-refractivity contribution in [3.63, 3.8) is 0 Å². The summed E-state index contributed by atoms with van der Waals surface area (Å²) in [6, 6.07) is 23.4. The molecule has 6 rings (SSSR count). The van der Waals surface area contributed by atoms with E-state index in [0.29, 0.717) is 14.4 Å². The average Bonchev–Trinajstić information content (AvgIpc) is 3.28. The maximum atomic E-state index is 13.9. The monoisotopic (exact) mass is 554 g/mol. The molecule has 1 aromatic heterocycles. The number of benzene rings is 3. The van der Waals surface area contributed by atoms with Crippen molar-refractivity contribution < 1.29 is 9.47 Å². The van der Waals surface area contributed by atoms with E-state index in [0.717, 1.165) is 53.1 Å². The zero-order chi connectivity index (χ0) is 26.9. The summed E-state index contributed by atoms with van der Waals surface area (Å²) in [7, 11) is 3.33. The van der Waals surface area contributed by atoms with Crippen molar-refractivity contribution in [2.24, 2.45) is 4.99 Å². The predicted octanol–water partition coefficient (Wildman–Crippen LogP) is 6.15. The van der Waals surface area contributed by atoms with Crippen LogP contribution in [-0.4, -0.2) is 18.8 Å². The van der Waals surface area contributed by atoms with Crippen LogP contribution in [0.4, 0.5) is 0 Å². The fourth-order valence-electron chi connectivity index (χ4n) is 5.25. The molecular weight excluding hydrogens is 528 g/mol. The first-order chi connectivity index (χ1) is 19.0. The van der Waals surface area contributed by atoms with Crippen LogP contribution in [0, 0.1) is 0 Å². The van der Waals surface area contributed by atoms with Gasteiger partial charge in [0.15, 0.2) is 4.80 Å². The molecule has 1 aliphatic heterocycles. The lowest BCUT2D eigenvalue weighted by Gasteiger charge is -2.31. The van der Waals surface area contributed by atoms with Crippen molar-refractivity contribution in [2.45, 2.75) is 25.3 Å². The molecule has 2 aliphatic rings.